The van der Waals surface area contributed by atoms with E-state index < -0.39 is 0 Å². The molecule has 0 aliphatic heterocycles. The third kappa shape index (κ3) is 3.34. The van der Waals surface area contributed by atoms with E-state index in [0.717, 1.165) is 51.4 Å². The molecule has 0 spiro atoms. The van der Waals surface area contributed by atoms with Crippen LogP contribution >= 0.6 is 11.3 Å². The molecule has 5 nitrogen and oxygen atoms in total. The Labute approximate surface area is 166 Å². The first kappa shape index (κ1) is 16.9. The van der Waals surface area contributed by atoms with E-state index in [0.29, 0.717) is 0 Å². The van der Waals surface area contributed by atoms with Gasteiger partial charge in [-0.3, -0.25) is 4.79 Å². The van der Waals surface area contributed by atoms with E-state index in [4.69, 9.17) is 0 Å². The Hall–Kier alpha value is -3.25. The van der Waals surface area contributed by atoms with E-state index in [1.165, 1.54) is 0 Å². The number of hydrogen-bond donors (Lipinski definition) is 2. The van der Waals surface area contributed by atoms with Crippen LogP contribution in [0.1, 0.15) is 12.8 Å². The van der Waals surface area contributed by atoms with Gasteiger partial charge < -0.3 is 10.6 Å². The number of aromatic nitrogens is 2. The van der Waals surface area contributed by atoms with E-state index in [-0.39, 0.29) is 11.8 Å². The molecule has 2 aromatic carbocycles. The molecule has 0 atom stereocenters. The lowest BCUT2D eigenvalue weighted by Gasteiger charge is -2.10. The number of anilines is 3. The first-order valence-electron chi connectivity index (χ1n) is 9.23. The second-order valence-electron chi connectivity index (χ2n) is 6.88. The summed E-state index contributed by atoms with van der Waals surface area (Å²) in [5.74, 6) is 1.09. The normalized spacial score (nSPS) is 13.4. The predicted molar refractivity (Wildman–Crippen MR) is 114 cm³/mol. The van der Waals surface area contributed by atoms with Crippen molar-refractivity contribution in [2.24, 2.45) is 5.92 Å². The van der Waals surface area contributed by atoms with Gasteiger partial charge in [-0.1, -0.05) is 30.3 Å². The second-order valence-corrected chi connectivity index (χ2v) is 7.74. The van der Waals surface area contributed by atoms with Crippen LogP contribution in [0.15, 0.2) is 66.3 Å². The van der Waals surface area contributed by atoms with Gasteiger partial charge in [-0.2, -0.15) is 0 Å². The minimum absolute atomic E-state index is 0.115. The Kier molecular flexibility index (Phi) is 4.25. The van der Waals surface area contributed by atoms with Crippen molar-refractivity contribution in [3.63, 3.8) is 0 Å². The zero-order valence-electron chi connectivity index (χ0n) is 15.1. The number of nitrogens with zero attached hydrogens (tertiary/aromatic N) is 2. The molecular formula is C22H18N4OS. The Balaban J connectivity index is 1.43. The largest absolute Gasteiger partial charge is 0.340 e. The summed E-state index contributed by atoms with van der Waals surface area (Å²) in [4.78, 5) is 21.7. The molecule has 1 fully saturated rings. The molecule has 1 saturated carbocycles. The smallest absolute Gasteiger partial charge is 0.227 e. The van der Waals surface area contributed by atoms with E-state index >= 15 is 0 Å². The van der Waals surface area contributed by atoms with Gasteiger partial charge in [-0.15, -0.1) is 11.3 Å². The summed E-state index contributed by atoms with van der Waals surface area (Å²) in [6.45, 7) is 0. The van der Waals surface area contributed by atoms with Gasteiger partial charge in [0.1, 0.15) is 17.0 Å². The molecule has 5 rings (SSSR count). The molecule has 0 saturated heterocycles. The van der Waals surface area contributed by atoms with Crippen LogP contribution in [0.25, 0.3) is 21.3 Å². The van der Waals surface area contributed by atoms with Gasteiger partial charge in [0.25, 0.3) is 0 Å². The topological polar surface area (TPSA) is 66.9 Å². The van der Waals surface area contributed by atoms with Crippen molar-refractivity contribution in [1.82, 2.24) is 9.97 Å². The highest BCUT2D eigenvalue weighted by molar-refractivity contribution is 7.17. The standard InChI is InChI=1S/C22H18N4OS/c27-21(15-6-7-15)26-17-10-8-16(9-11-17)25-20-19-18(14-4-2-1-3-5-14)12-28-22(19)24-13-23-20/h1-5,8-13,15H,6-7H2,(H,26,27)(H,23,24,25). The van der Waals surface area contributed by atoms with Gasteiger partial charge in [0.2, 0.25) is 5.91 Å². The molecule has 2 N–H and O–H groups in total. The third-order valence-electron chi connectivity index (χ3n) is 4.82. The average Bonchev–Trinajstić information content (AvgIpc) is 3.49. The van der Waals surface area contributed by atoms with E-state index in [2.05, 4.69) is 38.1 Å². The minimum Gasteiger partial charge on any atom is -0.340 e. The number of nitrogens with one attached hydrogen (secondary N) is 2. The molecule has 2 aromatic heterocycles. The van der Waals surface area contributed by atoms with E-state index in [1.54, 1.807) is 17.7 Å². The molecule has 138 valence electrons. The molecule has 1 amide bonds. The minimum atomic E-state index is 0.115. The Bertz CT molecular complexity index is 1130. The lowest BCUT2D eigenvalue weighted by Crippen LogP contribution is -2.13. The van der Waals surface area contributed by atoms with Crippen LogP contribution in [-0.2, 0) is 4.79 Å². The summed E-state index contributed by atoms with van der Waals surface area (Å²) in [5.41, 5.74) is 3.99. The molecule has 4 aromatic rings. The van der Waals surface area contributed by atoms with E-state index in [9.17, 15) is 4.79 Å². The number of amides is 1. The van der Waals surface area contributed by atoms with Gasteiger partial charge >= 0.3 is 0 Å². The SMILES string of the molecule is O=C(Nc1ccc(Nc2ncnc3scc(-c4ccccc4)c23)cc1)C1CC1. The molecule has 6 heteroatoms. The number of benzene rings is 2. The maximum Gasteiger partial charge on any atom is 0.227 e. The first-order valence-corrected chi connectivity index (χ1v) is 10.1. The predicted octanol–water partition coefficient (Wildman–Crippen LogP) is 5.45. The van der Waals surface area contributed by atoms with Crippen LogP contribution in [0.4, 0.5) is 17.2 Å². The quantitative estimate of drug-likeness (QED) is 0.479. The summed E-state index contributed by atoms with van der Waals surface area (Å²) in [6, 6.07) is 18.0. The average molecular weight is 386 g/mol. The third-order valence-corrected chi connectivity index (χ3v) is 5.70. The van der Waals surface area contributed by atoms with Crippen molar-refractivity contribution in [3.8, 4) is 11.1 Å². The second kappa shape index (κ2) is 7.05. The Morgan fingerprint density at radius 2 is 1.71 bits per heavy atom. The van der Waals surface area contributed by atoms with Crippen LogP contribution < -0.4 is 10.6 Å². The van der Waals surface area contributed by atoms with Crippen LogP contribution in [0.2, 0.25) is 0 Å². The van der Waals surface area contributed by atoms with Crippen molar-refractivity contribution in [2.45, 2.75) is 12.8 Å². The van der Waals surface area contributed by atoms with Crippen LogP contribution in [0, 0.1) is 5.92 Å². The zero-order chi connectivity index (χ0) is 18.9. The maximum absolute atomic E-state index is 11.9. The molecular weight excluding hydrogens is 368 g/mol. The fourth-order valence-corrected chi connectivity index (χ4v) is 4.08. The fourth-order valence-electron chi connectivity index (χ4n) is 3.16. The number of fused-ring (bicyclic) bond motifs is 1. The monoisotopic (exact) mass is 386 g/mol. The lowest BCUT2D eigenvalue weighted by atomic mass is 10.1. The van der Waals surface area contributed by atoms with Crippen molar-refractivity contribution in [1.29, 1.82) is 0 Å². The molecule has 1 aliphatic rings. The number of rotatable bonds is 5. The highest BCUT2D eigenvalue weighted by atomic mass is 32.1. The summed E-state index contributed by atoms with van der Waals surface area (Å²) in [7, 11) is 0. The molecule has 2 heterocycles. The fraction of sp³-hybridized carbons (Fsp3) is 0.136. The van der Waals surface area contributed by atoms with Crippen LogP contribution in [-0.4, -0.2) is 15.9 Å². The molecule has 28 heavy (non-hydrogen) atoms. The van der Waals surface area contributed by atoms with Crippen molar-refractivity contribution in [3.05, 3.63) is 66.3 Å². The van der Waals surface area contributed by atoms with E-state index in [1.807, 2.05) is 42.5 Å². The molecule has 0 unspecified atom stereocenters. The van der Waals surface area contributed by atoms with Crippen molar-refractivity contribution in [2.75, 3.05) is 10.6 Å². The Morgan fingerprint density at radius 1 is 0.964 bits per heavy atom. The van der Waals surface area contributed by atoms with Crippen LogP contribution in [0.3, 0.4) is 0 Å². The summed E-state index contributed by atoms with van der Waals surface area (Å²) in [5, 5.41) is 9.50. The summed E-state index contributed by atoms with van der Waals surface area (Å²) >= 11 is 1.61. The zero-order valence-corrected chi connectivity index (χ0v) is 15.9. The maximum atomic E-state index is 11.9. The van der Waals surface area contributed by atoms with Gasteiger partial charge in [-0.25, -0.2) is 9.97 Å². The molecule has 1 aliphatic carbocycles. The van der Waals surface area contributed by atoms with Crippen molar-refractivity contribution >= 4 is 44.7 Å². The van der Waals surface area contributed by atoms with Gasteiger partial charge in [0, 0.05) is 28.2 Å². The van der Waals surface area contributed by atoms with Gasteiger partial charge in [0.05, 0.1) is 5.39 Å². The summed E-state index contributed by atoms with van der Waals surface area (Å²) < 4.78 is 0. The van der Waals surface area contributed by atoms with Crippen molar-refractivity contribution < 1.29 is 4.79 Å². The molecule has 0 bridgehead atoms. The summed E-state index contributed by atoms with van der Waals surface area (Å²) in [6.07, 6.45) is 3.58. The van der Waals surface area contributed by atoms with Gasteiger partial charge in [0.15, 0.2) is 0 Å². The van der Waals surface area contributed by atoms with Crippen LogP contribution in [0.5, 0.6) is 0 Å². The lowest BCUT2D eigenvalue weighted by molar-refractivity contribution is -0.117. The van der Waals surface area contributed by atoms with Gasteiger partial charge in [-0.05, 0) is 42.7 Å². The number of carbonyl (C=O) groups is 1. The number of carbonyl (C=O) groups excluding carboxylic acids is 1. The molecule has 0 radical (unpaired) electrons. The highest BCUT2D eigenvalue weighted by Gasteiger charge is 2.29. The number of hydrogen-bond acceptors (Lipinski definition) is 5. The highest BCUT2D eigenvalue weighted by Crippen LogP contribution is 2.37. The Morgan fingerprint density at radius 3 is 2.46 bits per heavy atom. The first-order chi connectivity index (χ1) is 13.8. The number of thiophene rings is 1.